The summed E-state index contributed by atoms with van der Waals surface area (Å²) in [5.41, 5.74) is 0. The maximum absolute atomic E-state index is 9.43. The number of thioether (sulfide) groups is 1. The lowest BCUT2D eigenvalue weighted by Crippen LogP contribution is -2.25. The Morgan fingerprint density at radius 3 is 2.27 bits per heavy atom. The van der Waals surface area contributed by atoms with Crippen molar-refractivity contribution in [2.45, 2.75) is 27.7 Å². The molecule has 1 heterocycles. The number of hydroxylamine groups is 2. The Morgan fingerprint density at radius 1 is 1.23 bits per heavy atom. The van der Waals surface area contributed by atoms with E-state index in [9.17, 15) is 5.21 Å². The van der Waals surface area contributed by atoms with Gasteiger partial charge in [0.05, 0.1) is 13.1 Å². The highest BCUT2D eigenvalue weighted by molar-refractivity contribution is 8.01. The monoisotopic (exact) mass is 323 g/mol. The lowest BCUT2D eigenvalue weighted by Gasteiger charge is -2.13. The molecule has 0 aliphatic rings. The molecule has 0 atom stereocenters. The molecule has 0 saturated carbocycles. The molecule has 0 amide bonds. The first-order chi connectivity index (χ1) is 10.7. The van der Waals surface area contributed by atoms with Crippen LogP contribution in [0.15, 0.2) is 59.2 Å². The zero-order valence-corrected chi connectivity index (χ0v) is 15.1. The van der Waals surface area contributed by atoms with Gasteiger partial charge >= 0.3 is 0 Å². The van der Waals surface area contributed by atoms with Crippen LogP contribution < -0.4 is 0 Å². The van der Waals surface area contributed by atoms with E-state index in [2.05, 4.69) is 9.98 Å². The number of nitrogens with zero attached hydrogens (tertiary/aromatic N) is 3. The average molecular weight is 324 g/mol. The van der Waals surface area contributed by atoms with Gasteiger partial charge in [0.1, 0.15) is 5.84 Å². The maximum atomic E-state index is 9.43. The summed E-state index contributed by atoms with van der Waals surface area (Å²) in [6.45, 7) is 8.80. The van der Waals surface area contributed by atoms with E-state index in [-0.39, 0.29) is 0 Å². The first-order valence-electron chi connectivity index (χ1n) is 7.33. The minimum Gasteiger partial charge on any atom is -0.287 e. The molecule has 1 aromatic heterocycles. The van der Waals surface area contributed by atoms with E-state index in [0.29, 0.717) is 18.9 Å². The van der Waals surface area contributed by atoms with Crippen molar-refractivity contribution in [3.63, 3.8) is 0 Å². The molecular formula is C17H29N3OS. The van der Waals surface area contributed by atoms with Gasteiger partial charge in [-0.05, 0) is 37.6 Å². The summed E-state index contributed by atoms with van der Waals surface area (Å²) >= 11 is 1.64. The number of pyridine rings is 1. The fourth-order valence-electron chi connectivity index (χ4n) is 1.06. The van der Waals surface area contributed by atoms with Crippen molar-refractivity contribution in [1.82, 2.24) is 10.0 Å². The minimum absolute atomic E-state index is 0.484. The van der Waals surface area contributed by atoms with E-state index in [1.807, 2.05) is 68.9 Å². The molecule has 4 nitrogen and oxygen atoms in total. The molecule has 1 N–H and O–H groups in total. The van der Waals surface area contributed by atoms with Crippen molar-refractivity contribution in [2.24, 2.45) is 4.99 Å². The van der Waals surface area contributed by atoms with E-state index in [1.165, 1.54) is 0 Å². The normalized spacial score (nSPS) is 10.7. The number of aliphatic imine (C=N–C) groups is 1. The van der Waals surface area contributed by atoms with Crippen molar-refractivity contribution < 1.29 is 5.21 Å². The van der Waals surface area contributed by atoms with E-state index >= 15 is 0 Å². The highest BCUT2D eigenvalue weighted by Gasteiger charge is 1.97. The fourth-order valence-corrected chi connectivity index (χ4v) is 1.33. The van der Waals surface area contributed by atoms with E-state index in [0.717, 1.165) is 5.06 Å². The van der Waals surface area contributed by atoms with Crippen LogP contribution in [0.5, 0.6) is 0 Å². The molecule has 0 fully saturated rings. The van der Waals surface area contributed by atoms with Crippen LogP contribution in [0.4, 0.5) is 0 Å². The first-order valence-corrected chi connectivity index (χ1v) is 8.62. The molecule has 0 saturated heterocycles. The Morgan fingerprint density at radius 2 is 1.86 bits per heavy atom. The number of rotatable bonds is 5. The molecule has 0 aliphatic carbocycles. The summed E-state index contributed by atoms with van der Waals surface area (Å²) in [5, 5.41) is 12.5. The van der Waals surface area contributed by atoms with Gasteiger partial charge < -0.3 is 0 Å². The lowest BCUT2D eigenvalue weighted by molar-refractivity contribution is -0.00372. The standard InChI is InChI=1S/C10H18N2OS.C5H5N.C2H6/c1-4-5-8-12(13)10(2)11-7-6-9-14-3;1-2-4-6-5-3-1;1-2/h4-6,9,13H,7-8H2,1-3H3;1-5H;1-2H3/b5-4-,9-6+,11-10?;;. The first kappa shape index (κ1) is 22.7. The molecule has 0 radical (unpaired) electrons. The SMILES string of the molecule is C/C=C\CN(O)C(C)=NC/C=C/SC.CC.c1ccncc1. The van der Waals surface area contributed by atoms with Crippen molar-refractivity contribution in [3.8, 4) is 0 Å². The largest absolute Gasteiger partial charge is 0.287 e. The Labute approximate surface area is 139 Å². The van der Waals surface area contributed by atoms with Gasteiger partial charge in [-0.2, -0.15) is 0 Å². The Kier molecular flexibility index (Phi) is 20.0. The summed E-state index contributed by atoms with van der Waals surface area (Å²) in [4.78, 5) is 7.96. The molecule has 0 unspecified atom stereocenters. The third-order valence-corrected chi connectivity index (χ3v) is 2.58. The molecule has 22 heavy (non-hydrogen) atoms. The van der Waals surface area contributed by atoms with Crippen LogP contribution in [-0.4, -0.2) is 40.4 Å². The van der Waals surface area contributed by atoms with E-state index in [1.54, 1.807) is 31.1 Å². The maximum Gasteiger partial charge on any atom is 0.121 e. The molecule has 0 aromatic carbocycles. The number of hydrogen-bond donors (Lipinski definition) is 1. The van der Waals surface area contributed by atoms with Gasteiger partial charge in [-0.25, -0.2) is 5.06 Å². The Bertz CT molecular complexity index is 379. The molecule has 124 valence electrons. The van der Waals surface area contributed by atoms with Crippen molar-refractivity contribution in [2.75, 3.05) is 19.3 Å². The summed E-state index contributed by atoms with van der Waals surface area (Å²) in [6.07, 6.45) is 11.2. The molecular weight excluding hydrogens is 294 g/mol. The second-order valence-electron chi connectivity index (χ2n) is 3.67. The topological polar surface area (TPSA) is 48.7 Å². The zero-order chi connectivity index (χ0) is 17.1. The molecule has 0 bridgehead atoms. The second-order valence-corrected chi connectivity index (χ2v) is 4.41. The van der Waals surface area contributed by atoms with Crippen LogP contribution in [0.3, 0.4) is 0 Å². The Hall–Kier alpha value is -1.59. The summed E-state index contributed by atoms with van der Waals surface area (Å²) in [7, 11) is 0. The highest BCUT2D eigenvalue weighted by Crippen LogP contribution is 1.94. The molecule has 0 spiro atoms. The summed E-state index contributed by atoms with van der Waals surface area (Å²) < 4.78 is 0. The van der Waals surface area contributed by atoms with E-state index in [4.69, 9.17) is 0 Å². The smallest absolute Gasteiger partial charge is 0.121 e. The van der Waals surface area contributed by atoms with Crippen LogP contribution in [0, 0.1) is 0 Å². The average Bonchev–Trinajstić information content (AvgIpc) is 2.60. The highest BCUT2D eigenvalue weighted by atomic mass is 32.2. The number of allylic oxidation sites excluding steroid dienone is 1. The van der Waals surface area contributed by atoms with Gasteiger partial charge in [-0.1, -0.05) is 38.1 Å². The minimum atomic E-state index is 0.484. The van der Waals surface area contributed by atoms with Gasteiger partial charge in [-0.3, -0.25) is 15.2 Å². The van der Waals surface area contributed by atoms with Gasteiger partial charge in [0, 0.05) is 12.4 Å². The fraction of sp³-hybridized carbons (Fsp3) is 0.412. The van der Waals surface area contributed by atoms with Crippen molar-refractivity contribution in [1.29, 1.82) is 0 Å². The van der Waals surface area contributed by atoms with Crippen LogP contribution in [0.25, 0.3) is 0 Å². The third-order valence-electron chi connectivity index (χ3n) is 2.11. The number of hydrogen-bond acceptors (Lipinski definition) is 4. The van der Waals surface area contributed by atoms with Crippen LogP contribution in [0.1, 0.15) is 27.7 Å². The van der Waals surface area contributed by atoms with Gasteiger partial charge in [0.25, 0.3) is 0 Å². The van der Waals surface area contributed by atoms with Crippen molar-refractivity contribution >= 4 is 17.6 Å². The van der Waals surface area contributed by atoms with Gasteiger partial charge in [0.15, 0.2) is 0 Å². The quantitative estimate of drug-likeness (QED) is 0.371. The number of amidine groups is 1. The molecule has 1 rings (SSSR count). The second kappa shape index (κ2) is 19.4. The predicted molar refractivity (Wildman–Crippen MR) is 99.5 cm³/mol. The lowest BCUT2D eigenvalue weighted by atomic mass is 10.5. The van der Waals surface area contributed by atoms with Crippen LogP contribution >= 0.6 is 11.8 Å². The molecule has 1 aromatic rings. The van der Waals surface area contributed by atoms with Crippen LogP contribution in [0.2, 0.25) is 0 Å². The summed E-state index contributed by atoms with van der Waals surface area (Å²) in [5.74, 6) is 0.633. The number of aromatic nitrogens is 1. The van der Waals surface area contributed by atoms with Crippen molar-refractivity contribution in [3.05, 3.63) is 54.2 Å². The predicted octanol–water partition coefficient (Wildman–Crippen LogP) is 4.66. The van der Waals surface area contributed by atoms with Crippen LogP contribution in [-0.2, 0) is 0 Å². The Balaban J connectivity index is 0. The third kappa shape index (κ3) is 16.5. The molecule has 5 heteroatoms. The van der Waals surface area contributed by atoms with E-state index < -0.39 is 0 Å². The van der Waals surface area contributed by atoms with Gasteiger partial charge in [-0.15, -0.1) is 11.8 Å². The summed E-state index contributed by atoms with van der Waals surface area (Å²) in [6, 6.07) is 5.72. The molecule has 0 aliphatic heterocycles. The zero-order valence-electron chi connectivity index (χ0n) is 14.3. The van der Waals surface area contributed by atoms with Gasteiger partial charge in [0.2, 0.25) is 0 Å².